The number of aromatic nitrogens is 3. The van der Waals surface area contributed by atoms with Crippen molar-refractivity contribution in [2.45, 2.75) is 25.7 Å². The van der Waals surface area contributed by atoms with Crippen LogP contribution in [0.4, 0.5) is 5.69 Å². The van der Waals surface area contributed by atoms with E-state index in [1.807, 2.05) is 6.07 Å². The van der Waals surface area contributed by atoms with Crippen LogP contribution in [0.1, 0.15) is 25.7 Å². The smallest absolute Gasteiger partial charge is 0.310 e. The van der Waals surface area contributed by atoms with Crippen molar-refractivity contribution in [1.29, 1.82) is 0 Å². The standard InChI is InChI=1S/C15H16N4O3/c20-13(10-15(14(21)22)5-2-6-15)17-11-3-1-4-12(9-11)19-8-7-16-18-19/h1,3-4,7-9H,2,5-6,10H2,(H,17,20)(H,21,22). The van der Waals surface area contributed by atoms with Crippen molar-refractivity contribution in [1.82, 2.24) is 15.0 Å². The summed E-state index contributed by atoms with van der Waals surface area (Å²) >= 11 is 0. The van der Waals surface area contributed by atoms with Gasteiger partial charge in [-0.05, 0) is 31.0 Å². The van der Waals surface area contributed by atoms with Gasteiger partial charge in [-0.3, -0.25) is 9.59 Å². The molecule has 0 aliphatic heterocycles. The molecule has 0 atom stereocenters. The number of carbonyl (C=O) groups is 2. The summed E-state index contributed by atoms with van der Waals surface area (Å²) in [7, 11) is 0. The van der Waals surface area contributed by atoms with Gasteiger partial charge < -0.3 is 10.4 Å². The molecule has 22 heavy (non-hydrogen) atoms. The van der Waals surface area contributed by atoms with Gasteiger partial charge in [0.15, 0.2) is 0 Å². The monoisotopic (exact) mass is 300 g/mol. The zero-order valence-electron chi connectivity index (χ0n) is 11.9. The van der Waals surface area contributed by atoms with E-state index in [4.69, 9.17) is 0 Å². The lowest BCUT2D eigenvalue weighted by Crippen LogP contribution is -2.41. The molecule has 1 amide bonds. The third-order valence-electron chi connectivity index (χ3n) is 4.08. The van der Waals surface area contributed by atoms with Crippen LogP contribution in [-0.4, -0.2) is 32.0 Å². The Hall–Kier alpha value is -2.70. The first-order valence-electron chi connectivity index (χ1n) is 7.09. The molecule has 7 heteroatoms. The van der Waals surface area contributed by atoms with Crippen LogP contribution in [0.3, 0.4) is 0 Å². The highest BCUT2D eigenvalue weighted by Crippen LogP contribution is 2.44. The van der Waals surface area contributed by atoms with Crippen LogP contribution >= 0.6 is 0 Å². The predicted octanol–water partition coefficient (Wildman–Crippen LogP) is 1.85. The first-order valence-corrected chi connectivity index (χ1v) is 7.09. The van der Waals surface area contributed by atoms with E-state index in [1.165, 1.54) is 0 Å². The molecule has 1 saturated carbocycles. The summed E-state index contributed by atoms with van der Waals surface area (Å²) < 4.78 is 1.58. The topological polar surface area (TPSA) is 97.1 Å². The summed E-state index contributed by atoms with van der Waals surface area (Å²) in [4.78, 5) is 23.4. The van der Waals surface area contributed by atoms with Gasteiger partial charge in [-0.15, -0.1) is 5.10 Å². The van der Waals surface area contributed by atoms with Gasteiger partial charge in [0, 0.05) is 12.1 Å². The maximum absolute atomic E-state index is 12.1. The molecule has 2 N–H and O–H groups in total. The third kappa shape index (κ3) is 2.69. The van der Waals surface area contributed by atoms with Crippen LogP contribution < -0.4 is 5.32 Å². The van der Waals surface area contributed by atoms with Crippen LogP contribution in [0.15, 0.2) is 36.7 Å². The van der Waals surface area contributed by atoms with E-state index in [2.05, 4.69) is 15.6 Å². The Balaban J connectivity index is 1.69. The van der Waals surface area contributed by atoms with Crippen molar-refractivity contribution in [3.8, 4) is 5.69 Å². The maximum Gasteiger partial charge on any atom is 0.310 e. The number of rotatable bonds is 5. The van der Waals surface area contributed by atoms with Crippen LogP contribution in [0.2, 0.25) is 0 Å². The largest absolute Gasteiger partial charge is 0.481 e. The molecule has 1 aromatic carbocycles. The fourth-order valence-electron chi connectivity index (χ4n) is 2.65. The molecule has 2 aromatic rings. The van der Waals surface area contributed by atoms with Gasteiger partial charge in [-0.25, -0.2) is 4.68 Å². The van der Waals surface area contributed by atoms with E-state index in [-0.39, 0.29) is 12.3 Å². The van der Waals surface area contributed by atoms with Gasteiger partial charge in [0.25, 0.3) is 0 Å². The number of benzene rings is 1. The van der Waals surface area contributed by atoms with Gasteiger partial charge in [0.1, 0.15) is 0 Å². The molecule has 0 saturated heterocycles. The number of carboxylic acids is 1. The molecule has 1 aliphatic rings. The number of nitrogens with zero attached hydrogens (tertiary/aromatic N) is 3. The number of carboxylic acid groups (broad SMARTS) is 1. The quantitative estimate of drug-likeness (QED) is 0.878. The van der Waals surface area contributed by atoms with Gasteiger partial charge in [-0.2, -0.15) is 0 Å². The summed E-state index contributed by atoms with van der Waals surface area (Å²) in [5.41, 5.74) is 0.498. The molecule has 3 rings (SSSR count). The van der Waals surface area contributed by atoms with E-state index < -0.39 is 11.4 Å². The number of aliphatic carboxylic acids is 1. The zero-order valence-corrected chi connectivity index (χ0v) is 11.9. The second kappa shape index (κ2) is 5.59. The average molecular weight is 300 g/mol. The molecule has 0 spiro atoms. The minimum absolute atomic E-state index is 0.00981. The van der Waals surface area contributed by atoms with Gasteiger partial charge in [-0.1, -0.05) is 17.7 Å². The summed E-state index contributed by atoms with van der Waals surface area (Å²) in [6.07, 6.45) is 5.27. The van der Waals surface area contributed by atoms with Crippen molar-refractivity contribution < 1.29 is 14.7 Å². The summed E-state index contributed by atoms with van der Waals surface area (Å²) in [6, 6.07) is 7.16. The molecular formula is C15H16N4O3. The molecule has 1 heterocycles. The zero-order chi connectivity index (χ0) is 15.6. The van der Waals surface area contributed by atoms with Crippen molar-refractivity contribution in [3.63, 3.8) is 0 Å². The molecule has 1 aromatic heterocycles. The van der Waals surface area contributed by atoms with Crippen LogP contribution in [0, 0.1) is 5.41 Å². The molecule has 114 valence electrons. The fraction of sp³-hybridized carbons (Fsp3) is 0.333. The van der Waals surface area contributed by atoms with Gasteiger partial charge in [0.2, 0.25) is 5.91 Å². The van der Waals surface area contributed by atoms with Crippen molar-refractivity contribution in [2.75, 3.05) is 5.32 Å². The third-order valence-corrected chi connectivity index (χ3v) is 4.08. The Bertz CT molecular complexity index is 693. The average Bonchev–Trinajstić information content (AvgIpc) is 2.97. The van der Waals surface area contributed by atoms with E-state index in [1.54, 1.807) is 35.3 Å². The number of nitrogens with one attached hydrogen (secondary N) is 1. The van der Waals surface area contributed by atoms with E-state index in [0.717, 1.165) is 12.1 Å². The van der Waals surface area contributed by atoms with E-state index in [9.17, 15) is 14.7 Å². The minimum atomic E-state index is -0.884. The first kappa shape index (κ1) is 14.2. The Morgan fingerprint density at radius 2 is 2.18 bits per heavy atom. The number of hydrogen-bond donors (Lipinski definition) is 2. The van der Waals surface area contributed by atoms with E-state index in [0.29, 0.717) is 18.5 Å². The summed E-state index contributed by atoms with van der Waals surface area (Å²) in [5.74, 6) is -1.16. The maximum atomic E-state index is 12.1. The number of hydrogen-bond acceptors (Lipinski definition) is 4. The lowest BCUT2D eigenvalue weighted by atomic mass is 9.66. The normalized spacial score (nSPS) is 15.8. The molecule has 1 fully saturated rings. The van der Waals surface area contributed by atoms with Crippen LogP contribution in [0.25, 0.3) is 5.69 Å². The van der Waals surface area contributed by atoms with E-state index >= 15 is 0 Å². The highest BCUT2D eigenvalue weighted by Gasteiger charge is 2.45. The second-order valence-electron chi connectivity index (χ2n) is 5.56. The Morgan fingerprint density at radius 1 is 1.36 bits per heavy atom. The lowest BCUT2D eigenvalue weighted by Gasteiger charge is -2.36. The molecular weight excluding hydrogens is 284 g/mol. The molecule has 0 radical (unpaired) electrons. The number of anilines is 1. The number of carbonyl (C=O) groups excluding carboxylic acids is 1. The Labute approximate surface area is 126 Å². The van der Waals surface area contributed by atoms with Gasteiger partial charge in [0.05, 0.1) is 23.5 Å². The highest BCUT2D eigenvalue weighted by molar-refractivity contribution is 5.94. The first-order chi connectivity index (χ1) is 10.6. The predicted molar refractivity (Wildman–Crippen MR) is 78.5 cm³/mol. The molecule has 0 unspecified atom stereocenters. The summed E-state index contributed by atoms with van der Waals surface area (Å²) in [5, 5.41) is 19.7. The Kier molecular flexibility index (Phi) is 3.62. The molecule has 0 bridgehead atoms. The Morgan fingerprint density at radius 3 is 2.77 bits per heavy atom. The van der Waals surface area contributed by atoms with Crippen LogP contribution in [0.5, 0.6) is 0 Å². The number of amides is 1. The summed E-state index contributed by atoms with van der Waals surface area (Å²) in [6.45, 7) is 0. The van der Waals surface area contributed by atoms with Gasteiger partial charge >= 0.3 is 5.97 Å². The lowest BCUT2D eigenvalue weighted by molar-refractivity contribution is -0.157. The SMILES string of the molecule is O=C(CC1(C(=O)O)CCC1)Nc1cccc(-n2ccnn2)c1. The van der Waals surface area contributed by atoms with Crippen molar-refractivity contribution in [3.05, 3.63) is 36.7 Å². The van der Waals surface area contributed by atoms with Crippen molar-refractivity contribution >= 4 is 17.6 Å². The fourth-order valence-corrected chi connectivity index (χ4v) is 2.65. The van der Waals surface area contributed by atoms with Crippen LogP contribution in [-0.2, 0) is 9.59 Å². The molecule has 7 nitrogen and oxygen atoms in total. The van der Waals surface area contributed by atoms with Crippen molar-refractivity contribution in [2.24, 2.45) is 5.41 Å². The molecule has 1 aliphatic carbocycles. The highest BCUT2D eigenvalue weighted by atomic mass is 16.4. The second-order valence-corrected chi connectivity index (χ2v) is 5.56. The minimum Gasteiger partial charge on any atom is -0.481 e.